The quantitative estimate of drug-likeness (QED) is 0.462. The van der Waals surface area contributed by atoms with Gasteiger partial charge in [-0.3, -0.25) is 14.6 Å². The largest absolute Gasteiger partial charge is 0.343 e. The molecule has 3 heterocycles. The molecule has 0 bridgehead atoms. The summed E-state index contributed by atoms with van der Waals surface area (Å²) in [7, 11) is 0. The van der Waals surface area contributed by atoms with Gasteiger partial charge < -0.3 is 9.80 Å². The maximum Gasteiger partial charge on any atom is 0.222 e. The third kappa shape index (κ3) is 5.39. The first-order chi connectivity index (χ1) is 17.3. The molecule has 192 valence electrons. The summed E-state index contributed by atoms with van der Waals surface area (Å²) in [6.07, 6.45) is 7.64. The summed E-state index contributed by atoms with van der Waals surface area (Å²) in [6.45, 7) is 4.63. The minimum Gasteiger partial charge on any atom is -0.343 e. The van der Waals surface area contributed by atoms with Crippen molar-refractivity contribution in [2.45, 2.75) is 57.8 Å². The third-order valence-electron chi connectivity index (χ3n) is 8.30. The third-order valence-corrected chi connectivity index (χ3v) is 9.04. The normalized spacial score (nSPS) is 21.1. The van der Waals surface area contributed by atoms with Gasteiger partial charge in [-0.15, -0.1) is 0 Å². The first kappa shape index (κ1) is 25.8. The zero-order valence-corrected chi connectivity index (χ0v) is 22.9. The first-order valence-corrected chi connectivity index (χ1v) is 14.1. The number of pyridine rings is 1. The molecule has 36 heavy (non-hydrogen) atoms. The molecule has 2 amide bonds. The molecule has 2 aliphatic heterocycles. The molecule has 0 unspecified atom stereocenters. The van der Waals surface area contributed by atoms with E-state index in [2.05, 4.69) is 0 Å². The average Bonchev–Trinajstić information content (AvgIpc) is 3.01. The van der Waals surface area contributed by atoms with Crippen LogP contribution in [0.1, 0.15) is 67.3 Å². The van der Waals surface area contributed by atoms with Gasteiger partial charge >= 0.3 is 0 Å². The van der Waals surface area contributed by atoms with Crippen molar-refractivity contribution in [3.63, 3.8) is 0 Å². The van der Waals surface area contributed by atoms with Crippen molar-refractivity contribution in [3.05, 3.63) is 61.8 Å². The van der Waals surface area contributed by atoms with Crippen LogP contribution in [0.5, 0.6) is 0 Å². The molecule has 8 heteroatoms. The lowest BCUT2D eigenvalue weighted by atomic mass is 9.76. The molecule has 1 aromatic carbocycles. The lowest BCUT2D eigenvalue weighted by Crippen LogP contribution is -2.42. The predicted octanol–water partition coefficient (Wildman–Crippen LogP) is 6.16. The second kappa shape index (κ2) is 10.9. The topological polar surface area (TPSA) is 53.5 Å². The summed E-state index contributed by atoms with van der Waals surface area (Å²) in [5.74, 6) is 1.13. The zero-order valence-electron chi connectivity index (χ0n) is 20.6. The number of halogens is 3. The van der Waals surface area contributed by atoms with Crippen molar-refractivity contribution in [1.29, 1.82) is 0 Å². The molecule has 0 saturated carbocycles. The lowest BCUT2D eigenvalue weighted by Gasteiger charge is -2.38. The molecular weight excluding hydrogens is 517 g/mol. The van der Waals surface area contributed by atoms with Gasteiger partial charge in [-0.25, -0.2) is 0 Å². The fourth-order valence-electron chi connectivity index (χ4n) is 6.34. The van der Waals surface area contributed by atoms with Crippen molar-refractivity contribution >= 4 is 46.6 Å². The van der Waals surface area contributed by atoms with E-state index in [1.165, 1.54) is 11.1 Å². The molecular formula is C28H32Cl3N3O2. The standard InChI is InChI=1S/C28H32Cl3N3O2/c1-17(35)33-8-4-18(5-9-33)12-25(36)34-10-6-19(7-11-34)27-26-20(13-22(29)15-24(26)31)2-3-21-14-23(30)16-32-28(21)27/h13-16,18-19,27H,2-12H2,1H3/t27-/m1/s1. The zero-order chi connectivity index (χ0) is 25.4. The Labute approximate surface area is 228 Å². The van der Waals surface area contributed by atoms with Gasteiger partial charge in [0.05, 0.1) is 10.7 Å². The molecule has 0 spiro atoms. The summed E-state index contributed by atoms with van der Waals surface area (Å²) in [6, 6.07) is 5.92. The van der Waals surface area contributed by atoms with Crippen LogP contribution in [-0.4, -0.2) is 52.8 Å². The number of carbonyl (C=O) groups is 2. The van der Waals surface area contributed by atoms with E-state index in [4.69, 9.17) is 39.8 Å². The Morgan fingerprint density at radius 1 is 0.889 bits per heavy atom. The molecule has 0 radical (unpaired) electrons. The van der Waals surface area contributed by atoms with Crippen LogP contribution >= 0.6 is 34.8 Å². The Morgan fingerprint density at radius 3 is 2.22 bits per heavy atom. The maximum atomic E-state index is 13.1. The van der Waals surface area contributed by atoms with Gasteiger partial charge in [-0.2, -0.15) is 0 Å². The number of benzene rings is 1. The van der Waals surface area contributed by atoms with Gasteiger partial charge in [-0.1, -0.05) is 34.8 Å². The Bertz CT molecular complexity index is 1150. The van der Waals surface area contributed by atoms with Gasteiger partial charge in [-0.05, 0) is 85.3 Å². The molecule has 1 aliphatic carbocycles. The van der Waals surface area contributed by atoms with E-state index >= 15 is 0 Å². The molecule has 5 nitrogen and oxygen atoms in total. The summed E-state index contributed by atoms with van der Waals surface area (Å²) in [5, 5.41) is 2.00. The molecule has 1 aromatic heterocycles. The van der Waals surface area contributed by atoms with Crippen LogP contribution in [0.25, 0.3) is 0 Å². The van der Waals surface area contributed by atoms with E-state index in [1.54, 1.807) is 13.1 Å². The number of aromatic nitrogens is 1. The van der Waals surface area contributed by atoms with E-state index in [0.29, 0.717) is 33.3 Å². The monoisotopic (exact) mass is 547 g/mol. The van der Waals surface area contributed by atoms with E-state index < -0.39 is 0 Å². The molecule has 5 rings (SSSR count). The van der Waals surface area contributed by atoms with Crippen LogP contribution < -0.4 is 0 Å². The number of fused-ring (bicyclic) bond motifs is 2. The number of hydrogen-bond donors (Lipinski definition) is 0. The maximum absolute atomic E-state index is 13.1. The second-order valence-electron chi connectivity index (χ2n) is 10.5. The highest BCUT2D eigenvalue weighted by Gasteiger charge is 2.36. The molecule has 0 N–H and O–H groups in total. The summed E-state index contributed by atoms with van der Waals surface area (Å²) in [5.41, 5.74) is 4.55. The first-order valence-electron chi connectivity index (χ1n) is 13.0. The Morgan fingerprint density at radius 2 is 1.53 bits per heavy atom. The smallest absolute Gasteiger partial charge is 0.222 e. The van der Waals surface area contributed by atoms with Crippen molar-refractivity contribution in [1.82, 2.24) is 14.8 Å². The Hall–Kier alpha value is -1.82. The van der Waals surface area contributed by atoms with Gasteiger partial charge in [0.2, 0.25) is 11.8 Å². The van der Waals surface area contributed by atoms with Crippen molar-refractivity contribution in [3.8, 4) is 0 Å². The van der Waals surface area contributed by atoms with Gasteiger partial charge in [0.15, 0.2) is 0 Å². The second-order valence-corrected chi connectivity index (χ2v) is 11.8. The fourth-order valence-corrected chi connectivity index (χ4v) is 7.17. The van der Waals surface area contributed by atoms with E-state index in [0.717, 1.165) is 76.0 Å². The highest BCUT2D eigenvalue weighted by molar-refractivity contribution is 6.35. The predicted molar refractivity (Wildman–Crippen MR) is 144 cm³/mol. The van der Waals surface area contributed by atoms with Crippen LogP contribution in [0, 0.1) is 11.8 Å². The lowest BCUT2D eigenvalue weighted by molar-refractivity contribution is -0.134. The van der Waals surface area contributed by atoms with Crippen molar-refractivity contribution in [2.24, 2.45) is 11.8 Å². The molecule has 3 aliphatic rings. The van der Waals surface area contributed by atoms with Crippen LogP contribution in [0.3, 0.4) is 0 Å². The highest BCUT2D eigenvalue weighted by atomic mass is 35.5. The summed E-state index contributed by atoms with van der Waals surface area (Å²) < 4.78 is 0. The van der Waals surface area contributed by atoms with Crippen molar-refractivity contribution in [2.75, 3.05) is 26.2 Å². The van der Waals surface area contributed by atoms with Crippen LogP contribution in [-0.2, 0) is 22.4 Å². The summed E-state index contributed by atoms with van der Waals surface area (Å²) in [4.78, 5) is 33.5. The fraction of sp³-hybridized carbons (Fsp3) is 0.536. The number of nitrogens with zero attached hydrogens (tertiary/aromatic N) is 3. The van der Waals surface area contributed by atoms with E-state index in [1.807, 2.05) is 28.0 Å². The van der Waals surface area contributed by atoms with Crippen LogP contribution in [0.2, 0.25) is 15.1 Å². The number of likely N-dealkylation sites (tertiary alicyclic amines) is 2. The molecule has 2 saturated heterocycles. The minimum absolute atomic E-state index is 0.0627. The molecule has 2 fully saturated rings. The number of hydrogen-bond acceptors (Lipinski definition) is 3. The van der Waals surface area contributed by atoms with E-state index in [9.17, 15) is 9.59 Å². The Kier molecular flexibility index (Phi) is 7.81. The number of carbonyl (C=O) groups excluding carboxylic acids is 2. The van der Waals surface area contributed by atoms with Gasteiger partial charge in [0, 0.05) is 61.7 Å². The Balaban J connectivity index is 1.31. The number of rotatable bonds is 3. The number of amides is 2. The average molecular weight is 549 g/mol. The highest BCUT2D eigenvalue weighted by Crippen LogP contribution is 2.46. The minimum atomic E-state index is 0.0627. The van der Waals surface area contributed by atoms with Crippen molar-refractivity contribution < 1.29 is 9.59 Å². The van der Waals surface area contributed by atoms with E-state index in [-0.39, 0.29) is 17.7 Å². The summed E-state index contributed by atoms with van der Waals surface area (Å²) >= 11 is 19.5. The van der Waals surface area contributed by atoms with Gasteiger partial charge in [0.25, 0.3) is 0 Å². The molecule has 1 atom stereocenters. The number of aryl methyl sites for hydroxylation is 2. The van der Waals surface area contributed by atoms with Crippen LogP contribution in [0.15, 0.2) is 24.4 Å². The van der Waals surface area contributed by atoms with Gasteiger partial charge in [0.1, 0.15) is 0 Å². The SMILES string of the molecule is CC(=O)N1CCC(CC(=O)N2CCC([C@H]3c4ncc(Cl)cc4CCc4cc(Cl)cc(Cl)c43)CC2)CC1. The number of piperidine rings is 2. The molecule has 2 aromatic rings. The van der Waals surface area contributed by atoms with Crippen LogP contribution in [0.4, 0.5) is 0 Å².